The molecule has 104 valence electrons. The first kappa shape index (κ1) is 13.8. The fourth-order valence-corrected chi connectivity index (χ4v) is 3.76. The van der Waals surface area contributed by atoms with E-state index in [1.54, 1.807) is 0 Å². The first-order valence-electron chi connectivity index (χ1n) is 7.25. The van der Waals surface area contributed by atoms with Crippen LogP contribution in [-0.2, 0) is 4.79 Å². The van der Waals surface area contributed by atoms with Crippen molar-refractivity contribution in [1.82, 2.24) is 5.32 Å². The number of fused-ring (bicyclic) bond motifs is 2. The summed E-state index contributed by atoms with van der Waals surface area (Å²) in [6, 6.07) is 0.0221. The van der Waals surface area contributed by atoms with E-state index in [-0.39, 0.29) is 24.5 Å². The van der Waals surface area contributed by atoms with Crippen LogP contribution in [0.5, 0.6) is 0 Å². The van der Waals surface area contributed by atoms with Crippen LogP contribution >= 0.6 is 0 Å². The lowest BCUT2D eigenvalue weighted by Gasteiger charge is -2.35. The molecule has 0 spiro atoms. The summed E-state index contributed by atoms with van der Waals surface area (Å²) in [5.74, 6) is 1.04. The van der Waals surface area contributed by atoms with Crippen LogP contribution in [0.4, 0.5) is 0 Å². The van der Waals surface area contributed by atoms with Gasteiger partial charge in [0.1, 0.15) is 0 Å². The number of nitrogens with one attached hydrogen (secondary N) is 1. The molecule has 0 aromatic carbocycles. The van der Waals surface area contributed by atoms with Crippen molar-refractivity contribution in [2.75, 3.05) is 6.61 Å². The Bertz CT molecular complexity index is 305. The molecule has 4 atom stereocenters. The molecule has 4 nitrogen and oxygen atoms in total. The Morgan fingerprint density at radius 2 is 1.94 bits per heavy atom. The molecule has 2 bridgehead atoms. The number of hydrogen-bond acceptors (Lipinski definition) is 3. The van der Waals surface area contributed by atoms with Crippen LogP contribution in [0.25, 0.3) is 0 Å². The maximum atomic E-state index is 12.4. The van der Waals surface area contributed by atoms with Crippen LogP contribution in [0.15, 0.2) is 0 Å². The minimum atomic E-state index is -0.460. The van der Waals surface area contributed by atoms with Crippen molar-refractivity contribution in [2.45, 2.75) is 57.5 Å². The highest BCUT2D eigenvalue weighted by Gasteiger charge is 2.49. The lowest BCUT2D eigenvalue weighted by atomic mass is 9.83. The number of hydrogen-bond donors (Lipinski definition) is 3. The van der Waals surface area contributed by atoms with Crippen molar-refractivity contribution in [3.8, 4) is 0 Å². The summed E-state index contributed by atoms with van der Waals surface area (Å²) in [6.45, 7) is 4.00. The molecule has 0 aromatic heterocycles. The molecular weight excluding hydrogens is 228 g/mol. The molecule has 2 aliphatic rings. The Hall–Kier alpha value is -0.610. The predicted molar refractivity (Wildman–Crippen MR) is 70.8 cm³/mol. The number of carbonyl (C=O) groups excluding carboxylic acids is 1. The molecule has 4 N–H and O–H groups in total. The number of amides is 1. The van der Waals surface area contributed by atoms with Crippen LogP contribution in [0, 0.1) is 17.8 Å². The molecule has 2 fully saturated rings. The van der Waals surface area contributed by atoms with Crippen LogP contribution in [0.3, 0.4) is 0 Å². The molecule has 1 amide bonds. The second-order valence-corrected chi connectivity index (χ2v) is 6.07. The molecule has 2 aliphatic carbocycles. The Morgan fingerprint density at radius 1 is 1.33 bits per heavy atom. The van der Waals surface area contributed by atoms with Gasteiger partial charge in [-0.05, 0) is 43.9 Å². The van der Waals surface area contributed by atoms with E-state index in [9.17, 15) is 9.90 Å². The molecule has 0 radical (unpaired) electrons. The van der Waals surface area contributed by atoms with E-state index >= 15 is 0 Å². The smallest absolute Gasteiger partial charge is 0.225 e. The van der Waals surface area contributed by atoms with Gasteiger partial charge in [-0.15, -0.1) is 0 Å². The van der Waals surface area contributed by atoms with E-state index in [4.69, 9.17) is 5.73 Å². The van der Waals surface area contributed by atoms with Crippen LogP contribution in [0.2, 0.25) is 0 Å². The fourth-order valence-electron chi connectivity index (χ4n) is 3.76. The topological polar surface area (TPSA) is 75.3 Å². The molecule has 2 rings (SSSR count). The number of nitrogens with two attached hydrogens (primary N) is 1. The van der Waals surface area contributed by atoms with Crippen molar-refractivity contribution in [3.05, 3.63) is 0 Å². The Kier molecular flexibility index (Phi) is 3.97. The van der Waals surface area contributed by atoms with E-state index in [2.05, 4.69) is 5.32 Å². The first-order chi connectivity index (χ1) is 8.56. The standard InChI is InChI=1S/C14H26N2O2/c1-3-14(4-2,8-17)16-13(18)11-9-5-6-10(7-9)12(11)15/h9-12,17H,3-8,15H2,1-2H3,(H,16,18). The quantitative estimate of drug-likeness (QED) is 0.686. The SMILES string of the molecule is CCC(CC)(CO)NC(=O)C1C2CCC(C2)C1N. The average molecular weight is 254 g/mol. The molecule has 18 heavy (non-hydrogen) atoms. The van der Waals surface area contributed by atoms with Gasteiger partial charge in [-0.1, -0.05) is 13.8 Å². The van der Waals surface area contributed by atoms with Gasteiger partial charge in [0, 0.05) is 6.04 Å². The first-order valence-corrected chi connectivity index (χ1v) is 7.25. The minimum Gasteiger partial charge on any atom is -0.394 e. The summed E-state index contributed by atoms with van der Waals surface area (Å²) in [4.78, 5) is 12.4. The molecule has 2 saturated carbocycles. The molecular formula is C14H26N2O2. The minimum absolute atomic E-state index is 0.00178. The highest BCUT2D eigenvalue weighted by atomic mass is 16.3. The zero-order valence-corrected chi connectivity index (χ0v) is 11.5. The molecule has 0 aliphatic heterocycles. The Balaban J connectivity index is 2.04. The van der Waals surface area contributed by atoms with Gasteiger partial charge in [0.2, 0.25) is 5.91 Å². The predicted octanol–water partition coefficient (Wildman–Crippen LogP) is 1.03. The summed E-state index contributed by atoms with van der Waals surface area (Å²) < 4.78 is 0. The zero-order chi connectivity index (χ0) is 13.3. The summed E-state index contributed by atoms with van der Waals surface area (Å²) in [6.07, 6.45) is 4.94. The van der Waals surface area contributed by atoms with Crippen LogP contribution in [0.1, 0.15) is 46.0 Å². The van der Waals surface area contributed by atoms with E-state index in [1.165, 1.54) is 6.42 Å². The van der Waals surface area contributed by atoms with Crippen molar-refractivity contribution >= 4 is 5.91 Å². The number of aliphatic hydroxyl groups is 1. The normalized spacial score (nSPS) is 34.9. The van der Waals surface area contributed by atoms with E-state index < -0.39 is 5.54 Å². The Labute approximate surface area is 109 Å². The van der Waals surface area contributed by atoms with Crippen molar-refractivity contribution in [1.29, 1.82) is 0 Å². The summed E-state index contributed by atoms with van der Waals surface area (Å²) in [5.41, 5.74) is 5.73. The summed E-state index contributed by atoms with van der Waals surface area (Å²) in [7, 11) is 0. The highest BCUT2D eigenvalue weighted by Crippen LogP contribution is 2.47. The van der Waals surface area contributed by atoms with Gasteiger partial charge in [0.15, 0.2) is 0 Å². The maximum absolute atomic E-state index is 12.4. The monoisotopic (exact) mass is 254 g/mol. The highest BCUT2D eigenvalue weighted by molar-refractivity contribution is 5.81. The van der Waals surface area contributed by atoms with Gasteiger partial charge < -0.3 is 16.2 Å². The summed E-state index contributed by atoms with van der Waals surface area (Å²) >= 11 is 0. The summed E-state index contributed by atoms with van der Waals surface area (Å²) in [5, 5.41) is 12.6. The molecule has 0 heterocycles. The van der Waals surface area contributed by atoms with Crippen LogP contribution < -0.4 is 11.1 Å². The van der Waals surface area contributed by atoms with Gasteiger partial charge >= 0.3 is 0 Å². The fraction of sp³-hybridized carbons (Fsp3) is 0.929. The van der Waals surface area contributed by atoms with E-state index in [1.807, 2.05) is 13.8 Å². The molecule has 0 saturated heterocycles. The molecule has 4 unspecified atom stereocenters. The molecule has 0 aromatic rings. The van der Waals surface area contributed by atoms with Crippen molar-refractivity contribution in [3.63, 3.8) is 0 Å². The second-order valence-electron chi connectivity index (χ2n) is 6.07. The van der Waals surface area contributed by atoms with Gasteiger partial charge in [-0.3, -0.25) is 4.79 Å². The van der Waals surface area contributed by atoms with E-state index in [0.29, 0.717) is 11.8 Å². The lowest BCUT2D eigenvalue weighted by molar-refractivity contribution is -0.129. The maximum Gasteiger partial charge on any atom is 0.225 e. The largest absolute Gasteiger partial charge is 0.394 e. The third-order valence-electron chi connectivity index (χ3n) is 5.33. The van der Waals surface area contributed by atoms with Crippen molar-refractivity contribution in [2.24, 2.45) is 23.5 Å². The number of carbonyl (C=O) groups is 1. The number of rotatable bonds is 5. The lowest BCUT2D eigenvalue weighted by Crippen LogP contribution is -2.55. The molecule has 4 heteroatoms. The van der Waals surface area contributed by atoms with Crippen LogP contribution in [-0.4, -0.2) is 29.2 Å². The third-order valence-corrected chi connectivity index (χ3v) is 5.33. The Morgan fingerprint density at radius 3 is 2.39 bits per heavy atom. The van der Waals surface area contributed by atoms with Crippen molar-refractivity contribution < 1.29 is 9.90 Å². The third kappa shape index (κ3) is 2.16. The number of aliphatic hydroxyl groups excluding tert-OH is 1. The zero-order valence-electron chi connectivity index (χ0n) is 11.5. The average Bonchev–Trinajstić information content (AvgIpc) is 2.96. The van der Waals surface area contributed by atoms with Gasteiger partial charge in [0.05, 0.1) is 18.1 Å². The van der Waals surface area contributed by atoms with Gasteiger partial charge in [-0.2, -0.15) is 0 Å². The second kappa shape index (κ2) is 5.17. The van der Waals surface area contributed by atoms with Gasteiger partial charge in [-0.25, -0.2) is 0 Å². The van der Waals surface area contributed by atoms with E-state index in [0.717, 1.165) is 25.7 Å². The van der Waals surface area contributed by atoms with Gasteiger partial charge in [0.25, 0.3) is 0 Å².